The van der Waals surface area contributed by atoms with Crippen LogP contribution in [0.5, 0.6) is 0 Å². The summed E-state index contributed by atoms with van der Waals surface area (Å²) in [7, 11) is 2.58. The van der Waals surface area contributed by atoms with Crippen molar-refractivity contribution in [1.82, 2.24) is 4.57 Å². The van der Waals surface area contributed by atoms with Gasteiger partial charge in [-0.05, 0) is 24.3 Å². The second kappa shape index (κ2) is 6.25. The van der Waals surface area contributed by atoms with Crippen LogP contribution < -0.4 is 5.32 Å². The number of carbonyl (C=O) groups excluding carboxylic acids is 1. The molecule has 0 radical (unpaired) electrons. The average Bonchev–Trinajstić information content (AvgIpc) is 2.82. The van der Waals surface area contributed by atoms with Crippen LogP contribution in [-0.4, -0.2) is 18.9 Å². The predicted molar refractivity (Wildman–Crippen MR) is 77.8 cm³/mol. The number of benzene rings is 1. The van der Waals surface area contributed by atoms with Gasteiger partial charge in [0.25, 0.3) is 21.4 Å². The fourth-order valence-electron chi connectivity index (χ4n) is 1.88. The topological polar surface area (TPSA) is 68.2 Å². The van der Waals surface area contributed by atoms with Gasteiger partial charge in [0.05, 0.1) is 5.56 Å². The number of carbonyl (C=O) groups is 1. The van der Waals surface area contributed by atoms with Crippen molar-refractivity contribution in [2.75, 3.05) is 5.32 Å². The van der Waals surface area contributed by atoms with E-state index in [4.69, 9.17) is 10.7 Å². The number of alkyl halides is 2. The first-order chi connectivity index (χ1) is 10.6. The summed E-state index contributed by atoms with van der Waals surface area (Å²) in [6, 6.07) is 3.76. The third kappa shape index (κ3) is 3.85. The zero-order valence-electron chi connectivity index (χ0n) is 11.6. The summed E-state index contributed by atoms with van der Waals surface area (Å²) < 4.78 is 62.1. The van der Waals surface area contributed by atoms with Gasteiger partial charge in [0.2, 0.25) is 0 Å². The van der Waals surface area contributed by atoms with Crippen LogP contribution in [-0.2, 0) is 16.1 Å². The van der Waals surface area contributed by atoms with E-state index in [1.807, 2.05) is 0 Å². The van der Waals surface area contributed by atoms with E-state index in [0.29, 0.717) is 0 Å². The minimum Gasteiger partial charge on any atom is -0.345 e. The smallest absolute Gasteiger partial charge is 0.272 e. The van der Waals surface area contributed by atoms with Crippen molar-refractivity contribution in [1.29, 1.82) is 0 Å². The lowest BCUT2D eigenvalue weighted by atomic mass is 10.2. The van der Waals surface area contributed by atoms with Gasteiger partial charge in [0.15, 0.2) is 0 Å². The van der Waals surface area contributed by atoms with E-state index in [9.17, 15) is 26.4 Å². The van der Waals surface area contributed by atoms with Crippen LogP contribution in [0.1, 0.15) is 22.5 Å². The van der Waals surface area contributed by atoms with Crippen LogP contribution in [0.2, 0.25) is 0 Å². The van der Waals surface area contributed by atoms with Crippen molar-refractivity contribution in [2.24, 2.45) is 7.05 Å². The summed E-state index contributed by atoms with van der Waals surface area (Å²) in [5, 5.41) is 2.29. The zero-order valence-corrected chi connectivity index (χ0v) is 13.1. The van der Waals surface area contributed by atoms with Gasteiger partial charge in [-0.25, -0.2) is 21.6 Å². The first kappa shape index (κ1) is 17.4. The Kier molecular flexibility index (Phi) is 4.71. The Balaban J connectivity index is 2.30. The van der Waals surface area contributed by atoms with Crippen LogP contribution in [0.15, 0.2) is 35.4 Å². The van der Waals surface area contributed by atoms with E-state index in [1.54, 1.807) is 0 Å². The number of nitrogens with zero attached hydrogens (tertiary/aromatic N) is 1. The Hall–Kier alpha value is -2.00. The highest BCUT2D eigenvalue weighted by molar-refractivity contribution is 8.13. The molecule has 0 saturated carbocycles. The van der Waals surface area contributed by atoms with Crippen molar-refractivity contribution in [3.05, 3.63) is 47.5 Å². The first-order valence-corrected chi connectivity index (χ1v) is 8.40. The molecule has 2 aromatic rings. The third-order valence-corrected chi connectivity index (χ3v) is 4.30. The number of aromatic nitrogens is 1. The number of amides is 1. The SMILES string of the molecule is Cn1cc(S(=O)(=O)Cl)cc1C(=O)Nc1ccc(F)c(C(F)F)c1. The fraction of sp³-hybridized carbons (Fsp3) is 0.154. The fourth-order valence-corrected chi connectivity index (χ4v) is 2.67. The maximum Gasteiger partial charge on any atom is 0.272 e. The number of nitrogens with one attached hydrogen (secondary N) is 1. The molecule has 1 aromatic heterocycles. The van der Waals surface area contributed by atoms with Gasteiger partial charge in [0, 0.05) is 29.6 Å². The van der Waals surface area contributed by atoms with Crippen molar-refractivity contribution in [2.45, 2.75) is 11.3 Å². The van der Waals surface area contributed by atoms with Crippen molar-refractivity contribution < 1.29 is 26.4 Å². The molecule has 0 aliphatic carbocycles. The van der Waals surface area contributed by atoms with Gasteiger partial charge in [-0.2, -0.15) is 0 Å². The first-order valence-electron chi connectivity index (χ1n) is 6.09. The highest BCUT2D eigenvalue weighted by atomic mass is 35.7. The molecule has 1 N–H and O–H groups in total. The predicted octanol–water partition coefficient (Wildman–Crippen LogP) is 3.28. The van der Waals surface area contributed by atoms with Crippen LogP contribution in [0.3, 0.4) is 0 Å². The molecule has 0 bridgehead atoms. The van der Waals surface area contributed by atoms with E-state index < -0.39 is 32.8 Å². The Morgan fingerprint density at radius 3 is 2.48 bits per heavy atom. The minimum absolute atomic E-state index is 0.0526. The summed E-state index contributed by atoms with van der Waals surface area (Å²) in [6.07, 6.45) is -1.90. The molecule has 23 heavy (non-hydrogen) atoms. The maximum atomic E-state index is 13.2. The second-order valence-corrected chi connectivity index (χ2v) is 7.17. The molecular weight excluding hydrogens is 357 g/mol. The monoisotopic (exact) mass is 366 g/mol. The summed E-state index contributed by atoms with van der Waals surface area (Å²) in [4.78, 5) is 11.8. The molecule has 2 rings (SSSR count). The highest BCUT2D eigenvalue weighted by Crippen LogP contribution is 2.25. The Bertz CT molecular complexity index is 865. The van der Waals surface area contributed by atoms with Gasteiger partial charge < -0.3 is 9.88 Å². The van der Waals surface area contributed by atoms with Crippen molar-refractivity contribution >= 4 is 31.3 Å². The Morgan fingerprint density at radius 1 is 1.30 bits per heavy atom. The summed E-state index contributed by atoms with van der Waals surface area (Å²) in [6.45, 7) is 0. The number of rotatable bonds is 4. The molecule has 0 fully saturated rings. The molecule has 0 aliphatic rings. The molecule has 0 aliphatic heterocycles. The van der Waals surface area contributed by atoms with Crippen LogP contribution in [0, 0.1) is 5.82 Å². The molecule has 0 atom stereocenters. The number of aryl methyl sites for hydroxylation is 1. The summed E-state index contributed by atoms with van der Waals surface area (Å²) >= 11 is 0. The van der Waals surface area contributed by atoms with E-state index in [2.05, 4.69) is 5.32 Å². The van der Waals surface area contributed by atoms with E-state index in [0.717, 1.165) is 30.5 Å². The minimum atomic E-state index is -4.01. The second-order valence-electron chi connectivity index (χ2n) is 4.60. The molecule has 1 amide bonds. The normalized spacial score (nSPS) is 11.7. The lowest BCUT2D eigenvalue weighted by Gasteiger charge is -2.08. The lowest BCUT2D eigenvalue weighted by molar-refractivity contribution is 0.101. The molecule has 1 heterocycles. The molecule has 10 heteroatoms. The Morgan fingerprint density at radius 2 is 1.96 bits per heavy atom. The van der Waals surface area contributed by atoms with Gasteiger partial charge in [0.1, 0.15) is 16.4 Å². The molecule has 0 unspecified atom stereocenters. The quantitative estimate of drug-likeness (QED) is 0.844. The number of anilines is 1. The maximum absolute atomic E-state index is 13.2. The molecular formula is C13H10ClF3N2O3S. The molecule has 5 nitrogen and oxygen atoms in total. The van der Waals surface area contributed by atoms with Gasteiger partial charge in [-0.1, -0.05) is 0 Å². The van der Waals surface area contributed by atoms with E-state index >= 15 is 0 Å². The molecule has 124 valence electrons. The largest absolute Gasteiger partial charge is 0.345 e. The van der Waals surface area contributed by atoms with Gasteiger partial charge in [-0.15, -0.1) is 0 Å². The molecule has 0 saturated heterocycles. The van der Waals surface area contributed by atoms with Crippen LogP contribution in [0.25, 0.3) is 0 Å². The van der Waals surface area contributed by atoms with E-state index in [-0.39, 0.29) is 16.3 Å². The summed E-state index contributed by atoms with van der Waals surface area (Å²) in [5.74, 6) is -1.85. The third-order valence-electron chi connectivity index (χ3n) is 2.98. The van der Waals surface area contributed by atoms with Crippen molar-refractivity contribution in [3.63, 3.8) is 0 Å². The molecule has 0 spiro atoms. The Labute approximate surface area is 134 Å². The average molecular weight is 367 g/mol. The highest BCUT2D eigenvalue weighted by Gasteiger charge is 2.20. The summed E-state index contributed by atoms with van der Waals surface area (Å²) in [5.41, 5.74) is -0.964. The number of hydrogen-bond acceptors (Lipinski definition) is 3. The van der Waals surface area contributed by atoms with Crippen LogP contribution in [0.4, 0.5) is 18.9 Å². The lowest BCUT2D eigenvalue weighted by Crippen LogP contribution is -2.15. The number of halogens is 4. The van der Waals surface area contributed by atoms with Gasteiger partial charge in [-0.3, -0.25) is 4.79 Å². The van der Waals surface area contributed by atoms with Crippen molar-refractivity contribution in [3.8, 4) is 0 Å². The number of hydrogen-bond donors (Lipinski definition) is 1. The van der Waals surface area contributed by atoms with Gasteiger partial charge >= 0.3 is 0 Å². The van der Waals surface area contributed by atoms with E-state index in [1.165, 1.54) is 11.6 Å². The zero-order chi connectivity index (χ0) is 17.4. The standard InChI is InChI=1S/C13H10ClF3N2O3S/c1-19-6-8(23(14,21)22)5-11(19)13(20)18-7-2-3-10(15)9(4-7)12(16)17/h2-6,12H,1H3,(H,18,20). The molecule has 1 aromatic carbocycles. The van der Waals surface area contributed by atoms with Crippen LogP contribution >= 0.6 is 10.7 Å².